The zero-order valence-corrected chi connectivity index (χ0v) is 12.6. The van der Waals surface area contributed by atoms with E-state index in [0.717, 1.165) is 32.4 Å². The van der Waals surface area contributed by atoms with Crippen molar-refractivity contribution in [3.05, 3.63) is 22.7 Å². The molecule has 1 aliphatic heterocycles. The number of hydrogen-bond donors (Lipinski definition) is 0. The summed E-state index contributed by atoms with van der Waals surface area (Å²) in [6, 6.07) is 5.33. The summed E-state index contributed by atoms with van der Waals surface area (Å²) in [5.74, 6) is 1.06. The molecule has 0 aromatic heterocycles. The van der Waals surface area contributed by atoms with Crippen LogP contribution in [-0.2, 0) is 0 Å². The van der Waals surface area contributed by atoms with Gasteiger partial charge in [-0.2, -0.15) is 5.26 Å². The van der Waals surface area contributed by atoms with Gasteiger partial charge in [0.1, 0.15) is 6.10 Å². The van der Waals surface area contributed by atoms with E-state index in [1.807, 2.05) is 0 Å². The van der Waals surface area contributed by atoms with E-state index < -0.39 is 0 Å². The number of benzene rings is 1. The predicted octanol–water partition coefficient (Wildman–Crippen LogP) is 3.08. The van der Waals surface area contributed by atoms with Crippen molar-refractivity contribution in [2.24, 2.45) is 0 Å². The number of nitrogens with zero attached hydrogens (tertiary/aromatic N) is 2. The molecule has 0 radical (unpaired) electrons. The van der Waals surface area contributed by atoms with E-state index in [9.17, 15) is 0 Å². The maximum absolute atomic E-state index is 8.95. The summed E-state index contributed by atoms with van der Waals surface area (Å²) in [4.78, 5) is 2.31. The van der Waals surface area contributed by atoms with Crippen molar-refractivity contribution in [2.75, 3.05) is 27.2 Å². The van der Waals surface area contributed by atoms with Crippen LogP contribution in [0.4, 0.5) is 0 Å². The van der Waals surface area contributed by atoms with E-state index in [1.165, 1.54) is 0 Å². The van der Waals surface area contributed by atoms with Gasteiger partial charge in [-0.25, -0.2) is 0 Å². The topological polar surface area (TPSA) is 45.5 Å². The molecule has 0 saturated carbocycles. The number of methoxy groups -OCH3 is 1. The monoisotopic (exact) mass is 294 g/mol. The molecule has 0 spiro atoms. The molecule has 1 fully saturated rings. The van der Waals surface area contributed by atoms with Crippen LogP contribution < -0.4 is 9.47 Å². The van der Waals surface area contributed by atoms with Crippen molar-refractivity contribution >= 4 is 11.6 Å². The second-order valence-electron chi connectivity index (χ2n) is 5.08. The van der Waals surface area contributed by atoms with E-state index in [4.69, 9.17) is 26.3 Å². The van der Waals surface area contributed by atoms with Crippen LogP contribution in [0, 0.1) is 11.3 Å². The minimum Gasteiger partial charge on any atom is -0.493 e. The fourth-order valence-corrected chi connectivity index (χ4v) is 2.65. The van der Waals surface area contributed by atoms with E-state index >= 15 is 0 Å². The van der Waals surface area contributed by atoms with Crippen LogP contribution in [-0.4, -0.2) is 38.3 Å². The van der Waals surface area contributed by atoms with Gasteiger partial charge < -0.3 is 14.4 Å². The highest BCUT2D eigenvalue weighted by atomic mass is 35.5. The Balaban J connectivity index is 2.18. The first-order valence-corrected chi connectivity index (χ1v) is 7.14. The third kappa shape index (κ3) is 3.56. The lowest BCUT2D eigenvalue weighted by molar-refractivity contribution is 0.176. The van der Waals surface area contributed by atoms with Gasteiger partial charge in [-0.1, -0.05) is 11.6 Å². The Hall–Kier alpha value is -1.44. The third-order valence-electron chi connectivity index (χ3n) is 3.54. The van der Waals surface area contributed by atoms with Crippen LogP contribution in [0.3, 0.4) is 0 Å². The second-order valence-corrected chi connectivity index (χ2v) is 5.48. The maximum atomic E-state index is 8.95. The quantitative estimate of drug-likeness (QED) is 0.859. The van der Waals surface area contributed by atoms with E-state index in [0.29, 0.717) is 22.1 Å². The Morgan fingerprint density at radius 3 is 2.85 bits per heavy atom. The molecule has 0 aliphatic carbocycles. The lowest BCUT2D eigenvalue weighted by atomic mass is 10.1. The van der Waals surface area contributed by atoms with Crippen LogP contribution in [0.25, 0.3) is 0 Å². The Morgan fingerprint density at radius 2 is 2.15 bits per heavy atom. The fourth-order valence-electron chi connectivity index (χ4n) is 2.39. The van der Waals surface area contributed by atoms with Gasteiger partial charge in [0, 0.05) is 12.6 Å². The Kier molecular flexibility index (Phi) is 5.11. The molecule has 5 heteroatoms. The van der Waals surface area contributed by atoms with Crippen LogP contribution in [0.2, 0.25) is 5.02 Å². The summed E-state index contributed by atoms with van der Waals surface area (Å²) in [7, 11) is 3.68. The molecule has 1 aromatic rings. The first kappa shape index (κ1) is 15.0. The normalized spacial score (nSPS) is 20.0. The zero-order valence-electron chi connectivity index (χ0n) is 11.9. The van der Waals surface area contributed by atoms with Gasteiger partial charge in [0.25, 0.3) is 0 Å². The van der Waals surface area contributed by atoms with Crippen molar-refractivity contribution in [3.8, 4) is 17.6 Å². The largest absolute Gasteiger partial charge is 0.493 e. The Bertz CT molecular complexity index is 513. The van der Waals surface area contributed by atoms with E-state index in [-0.39, 0.29) is 6.10 Å². The van der Waals surface area contributed by atoms with Gasteiger partial charge in [-0.15, -0.1) is 0 Å². The van der Waals surface area contributed by atoms with Crippen molar-refractivity contribution < 1.29 is 9.47 Å². The highest BCUT2D eigenvalue weighted by Crippen LogP contribution is 2.37. The SMILES string of the molecule is COc1cc(C#N)cc(Cl)c1OC1CCCN(C)CC1. The molecule has 0 N–H and O–H groups in total. The van der Waals surface area contributed by atoms with Crippen molar-refractivity contribution in [1.82, 2.24) is 4.90 Å². The van der Waals surface area contributed by atoms with E-state index in [1.54, 1.807) is 19.2 Å². The maximum Gasteiger partial charge on any atom is 0.180 e. The summed E-state index contributed by atoms with van der Waals surface area (Å²) in [6.07, 6.45) is 3.22. The smallest absolute Gasteiger partial charge is 0.180 e. The Labute approximate surface area is 124 Å². The number of ether oxygens (including phenoxy) is 2. The van der Waals surface area contributed by atoms with Crippen LogP contribution in [0.5, 0.6) is 11.5 Å². The zero-order chi connectivity index (χ0) is 14.5. The molecule has 1 atom stereocenters. The minimum absolute atomic E-state index is 0.138. The molecule has 0 bridgehead atoms. The standard InChI is InChI=1S/C15H19ClN2O2/c1-18-6-3-4-12(5-7-18)20-15-13(16)8-11(10-17)9-14(15)19-2/h8-9,12H,3-7H2,1-2H3. The van der Waals surface area contributed by atoms with Gasteiger partial charge in [-0.3, -0.25) is 0 Å². The molecule has 4 nitrogen and oxygen atoms in total. The fraction of sp³-hybridized carbons (Fsp3) is 0.533. The molecule has 108 valence electrons. The Morgan fingerprint density at radius 1 is 1.35 bits per heavy atom. The van der Waals surface area contributed by atoms with Gasteiger partial charge in [0.2, 0.25) is 0 Å². The van der Waals surface area contributed by atoms with Crippen LogP contribution in [0.15, 0.2) is 12.1 Å². The number of hydrogen-bond acceptors (Lipinski definition) is 4. The highest BCUT2D eigenvalue weighted by Gasteiger charge is 2.20. The van der Waals surface area contributed by atoms with Gasteiger partial charge in [-0.05, 0) is 38.9 Å². The van der Waals surface area contributed by atoms with Crippen LogP contribution in [0.1, 0.15) is 24.8 Å². The summed E-state index contributed by atoms with van der Waals surface area (Å²) in [6.45, 7) is 2.11. The molecule has 2 rings (SSSR count). The highest BCUT2D eigenvalue weighted by molar-refractivity contribution is 6.32. The molecular weight excluding hydrogens is 276 g/mol. The summed E-state index contributed by atoms with van der Waals surface area (Å²) in [5.41, 5.74) is 0.472. The first-order valence-electron chi connectivity index (χ1n) is 6.77. The molecule has 1 unspecified atom stereocenters. The second kappa shape index (κ2) is 6.83. The molecular formula is C15H19ClN2O2. The average Bonchev–Trinajstić information content (AvgIpc) is 2.65. The molecule has 1 saturated heterocycles. The number of nitriles is 1. The minimum atomic E-state index is 0.138. The number of likely N-dealkylation sites (tertiary alicyclic amines) is 1. The lowest BCUT2D eigenvalue weighted by Crippen LogP contribution is -2.21. The van der Waals surface area contributed by atoms with E-state index in [2.05, 4.69) is 18.0 Å². The molecule has 1 aliphatic rings. The predicted molar refractivity (Wildman–Crippen MR) is 78.5 cm³/mol. The molecule has 20 heavy (non-hydrogen) atoms. The third-order valence-corrected chi connectivity index (χ3v) is 3.82. The first-order chi connectivity index (χ1) is 9.63. The summed E-state index contributed by atoms with van der Waals surface area (Å²) >= 11 is 6.21. The summed E-state index contributed by atoms with van der Waals surface area (Å²) in [5, 5.41) is 9.38. The number of halogens is 1. The van der Waals surface area contributed by atoms with Crippen molar-refractivity contribution in [1.29, 1.82) is 5.26 Å². The van der Waals surface area contributed by atoms with Crippen molar-refractivity contribution in [3.63, 3.8) is 0 Å². The summed E-state index contributed by atoms with van der Waals surface area (Å²) < 4.78 is 11.3. The lowest BCUT2D eigenvalue weighted by Gasteiger charge is -2.20. The van der Waals surface area contributed by atoms with Crippen molar-refractivity contribution in [2.45, 2.75) is 25.4 Å². The molecule has 1 heterocycles. The number of rotatable bonds is 3. The van der Waals surface area contributed by atoms with Crippen LogP contribution >= 0.6 is 11.6 Å². The van der Waals surface area contributed by atoms with Gasteiger partial charge >= 0.3 is 0 Å². The average molecular weight is 295 g/mol. The molecule has 0 amide bonds. The van der Waals surface area contributed by atoms with Gasteiger partial charge in [0.05, 0.1) is 23.8 Å². The van der Waals surface area contributed by atoms with Gasteiger partial charge in [0.15, 0.2) is 11.5 Å². The molecule has 1 aromatic carbocycles.